The van der Waals surface area contributed by atoms with Gasteiger partial charge in [-0.1, -0.05) is 12.1 Å². The minimum absolute atomic E-state index is 0.286. The number of rotatable bonds is 6. The van der Waals surface area contributed by atoms with Gasteiger partial charge in [0, 0.05) is 19.6 Å². The van der Waals surface area contributed by atoms with Gasteiger partial charge in [-0.15, -0.1) is 0 Å². The van der Waals surface area contributed by atoms with Crippen molar-refractivity contribution < 1.29 is 23.9 Å². The molecular formula is C17H21N3O5. The van der Waals surface area contributed by atoms with Crippen molar-refractivity contribution in [3.63, 3.8) is 0 Å². The smallest absolute Gasteiger partial charge is 0.334 e. The lowest BCUT2D eigenvalue weighted by atomic mass is 10.2. The van der Waals surface area contributed by atoms with E-state index in [0.717, 1.165) is 10.5 Å². The maximum atomic E-state index is 12.4. The maximum Gasteiger partial charge on any atom is 0.334 e. The number of benzene rings is 1. The van der Waals surface area contributed by atoms with E-state index in [2.05, 4.69) is 0 Å². The number of carbonyl (C=O) groups excluding carboxylic acids is 4. The van der Waals surface area contributed by atoms with Gasteiger partial charge >= 0.3 is 17.8 Å². The van der Waals surface area contributed by atoms with Crippen molar-refractivity contribution in [2.24, 2.45) is 0 Å². The number of likely N-dealkylation sites (N-methyl/N-ethyl adjacent to an activating group) is 1. The Morgan fingerprint density at radius 1 is 1.20 bits per heavy atom. The average Bonchev–Trinajstić information content (AvgIpc) is 2.78. The van der Waals surface area contributed by atoms with E-state index in [0.29, 0.717) is 10.6 Å². The normalized spacial score (nSPS) is 14.5. The van der Waals surface area contributed by atoms with Gasteiger partial charge < -0.3 is 9.64 Å². The molecule has 0 aromatic heterocycles. The van der Waals surface area contributed by atoms with Gasteiger partial charge in [0.1, 0.15) is 12.3 Å². The van der Waals surface area contributed by atoms with Crippen LogP contribution in [0.4, 0.5) is 4.79 Å². The molecule has 2 rings (SSSR count). The molecule has 5 amide bonds. The highest BCUT2D eigenvalue weighted by atomic mass is 16.5. The second-order valence-corrected chi connectivity index (χ2v) is 6.04. The third-order valence-corrected chi connectivity index (χ3v) is 3.87. The number of imide groups is 2. The van der Waals surface area contributed by atoms with E-state index < -0.39 is 36.3 Å². The van der Waals surface area contributed by atoms with Crippen LogP contribution in [0.5, 0.6) is 5.75 Å². The van der Waals surface area contributed by atoms with Crippen molar-refractivity contribution in [3.05, 3.63) is 29.8 Å². The van der Waals surface area contributed by atoms with E-state index in [1.165, 1.54) is 4.90 Å². The average molecular weight is 347 g/mol. The molecule has 1 heterocycles. The Kier molecular flexibility index (Phi) is 5.41. The third-order valence-electron chi connectivity index (χ3n) is 3.87. The number of carbonyl (C=O) groups is 4. The number of amides is 5. The molecule has 0 aliphatic carbocycles. The van der Waals surface area contributed by atoms with E-state index in [-0.39, 0.29) is 6.54 Å². The molecule has 0 N–H and O–H groups in total. The number of ether oxygens (including phenoxy) is 1. The van der Waals surface area contributed by atoms with Crippen LogP contribution in [0, 0.1) is 0 Å². The summed E-state index contributed by atoms with van der Waals surface area (Å²) in [5.74, 6) is -1.64. The van der Waals surface area contributed by atoms with Crippen LogP contribution in [0.3, 0.4) is 0 Å². The highest BCUT2D eigenvalue weighted by molar-refractivity contribution is 6.45. The summed E-state index contributed by atoms with van der Waals surface area (Å²) in [6.45, 7) is 3.08. The minimum Gasteiger partial charge on any atom is -0.497 e. The fraction of sp³-hybridized carbons (Fsp3) is 0.412. The molecule has 134 valence electrons. The predicted molar refractivity (Wildman–Crippen MR) is 88.6 cm³/mol. The molecular weight excluding hydrogens is 326 g/mol. The number of urea groups is 1. The summed E-state index contributed by atoms with van der Waals surface area (Å²) in [5.41, 5.74) is 0.842. The summed E-state index contributed by atoms with van der Waals surface area (Å²) < 4.78 is 5.13. The number of methoxy groups -OCH3 is 1. The largest absolute Gasteiger partial charge is 0.497 e. The summed E-state index contributed by atoms with van der Waals surface area (Å²) in [6.07, 6.45) is 0. The second-order valence-electron chi connectivity index (χ2n) is 6.04. The SMILES string of the molecule is COc1cccc(CN(C)C(=O)CN2C(=O)C(=O)N(C(C)C)C2=O)c1. The predicted octanol–water partition coefficient (Wildman–Crippen LogP) is 0.853. The number of hydrogen-bond acceptors (Lipinski definition) is 5. The first-order valence-corrected chi connectivity index (χ1v) is 7.82. The first-order chi connectivity index (χ1) is 11.8. The Bertz CT molecular complexity index is 716. The van der Waals surface area contributed by atoms with Crippen molar-refractivity contribution >= 4 is 23.8 Å². The van der Waals surface area contributed by atoms with Crippen molar-refractivity contribution in [3.8, 4) is 5.75 Å². The molecule has 0 spiro atoms. The first kappa shape index (κ1) is 18.4. The monoisotopic (exact) mass is 347 g/mol. The van der Waals surface area contributed by atoms with Crippen molar-refractivity contribution in [1.29, 1.82) is 0 Å². The molecule has 0 atom stereocenters. The highest BCUT2D eigenvalue weighted by Gasteiger charge is 2.46. The van der Waals surface area contributed by atoms with E-state index in [1.54, 1.807) is 46.2 Å². The summed E-state index contributed by atoms with van der Waals surface area (Å²) in [7, 11) is 3.12. The molecule has 8 nitrogen and oxygen atoms in total. The van der Waals surface area contributed by atoms with Crippen LogP contribution < -0.4 is 4.74 Å². The molecule has 0 radical (unpaired) electrons. The topological polar surface area (TPSA) is 87.2 Å². The summed E-state index contributed by atoms with van der Waals surface area (Å²) >= 11 is 0. The molecule has 1 saturated heterocycles. The molecule has 0 unspecified atom stereocenters. The second kappa shape index (κ2) is 7.33. The Morgan fingerprint density at radius 2 is 1.88 bits per heavy atom. The van der Waals surface area contributed by atoms with Crippen LogP contribution in [0.25, 0.3) is 0 Å². The molecule has 25 heavy (non-hydrogen) atoms. The fourth-order valence-corrected chi connectivity index (χ4v) is 2.51. The van der Waals surface area contributed by atoms with Crippen molar-refractivity contribution in [2.75, 3.05) is 20.7 Å². The maximum absolute atomic E-state index is 12.4. The lowest BCUT2D eigenvalue weighted by molar-refractivity contribution is -0.145. The van der Waals surface area contributed by atoms with Gasteiger partial charge in [0.05, 0.1) is 7.11 Å². The van der Waals surface area contributed by atoms with E-state index in [4.69, 9.17) is 4.74 Å². The minimum atomic E-state index is -0.971. The lowest BCUT2D eigenvalue weighted by Gasteiger charge is -2.21. The van der Waals surface area contributed by atoms with Gasteiger partial charge in [-0.2, -0.15) is 0 Å². The molecule has 1 aliphatic rings. The summed E-state index contributed by atoms with van der Waals surface area (Å²) in [5, 5.41) is 0. The standard InChI is InChI=1S/C17H21N3O5/c1-11(2)20-16(23)15(22)19(17(20)24)10-14(21)18(3)9-12-6-5-7-13(8-12)25-4/h5-8,11H,9-10H2,1-4H3. The van der Waals surface area contributed by atoms with E-state index in [1.807, 2.05) is 6.07 Å². The van der Waals surface area contributed by atoms with Gasteiger partial charge in [-0.05, 0) is 31.5 Å². The Labute approximate surface area is 145 Å². The highest BCUT2D eigenvalue weighted by Crippen LogP contribution is 2.17. The van der Waals surface area contributed by atoms with E-state index >= 15 is 0 Å². The molecule has 1 fully saturated rings. The van der Waals surface area contributed by atoms with Crippen molar-refractivity contribution in [1.82, 2.24) is 14.7 Å². The van der Waals surface area contributed by atoms with Gasteiger partial charge in [-0.3, -0.25) is 19.3 Å². The van der Waals surface area contributed by atoms with Crippen LogP contribution in [0.2, 0.25) is 0 Å². The van der Waals surface area contributed by atoms with Gasteiger partial charge in [0.15, 0.2) is 0 Å². The lowest BCUT2D eigenvalue weighted by Crippen LogP contribution is -2.42. The molecule has 8 heteroatoms. The van der Waals surface area contributed by atoms with Gasteiger partial charge in [-0.25, -0.2) is 9.69 Å². The van der Waals surface area contributed by atoms with Crippen LogP contribution >= 0.6 is 0 Å². The van der Waals surface area contributed by atoms with Gasteiger partial charge in [0.25, 0.3) is 0 Å². The zero-order valence-corrected chi connectivity index (χ0v) is 14.7. The van der Waals surface area contributed by atoms with Crippen LogP contribution in [-0.2, 0) is 20.9 Å². The Balaban J connectivity index is 2.04. The molecule has 1 aromatic rings. The quantitative estimate of drug-likeness (QED) is 0.562. The molecule has 1 aromatic carbocycles. The third kappa shape index (κ3) is 3.78. The zero-order valence-electron chi connectivity index (χ0n) is 14.7. The number of hydrogen-bond donors (Lipinski definition) is 0. The Hall–Kier alpha value is -2.90. The van der Waals surface area contributed by atoms with E-state index in [9.17, 15) is 19.2 Å². The van der Waals surface area contributed by atoms with Crippen molar-refractivity contribution in [2.45, 2.75) is 26.4 Å². The molecule has 1 aliphatic heterocycles. The Morgan fingerprint density at radius 3 is 2.44 bits per heavy atom. The van der Waals surface area contributed by atoms with Crippen LogP contribution in [0.15, 0.2) is 24.3 Å². The first-order valence-electron chi connectivity index (χ1n) is 7.82. The molecule has 0 saturated carbocycles. The fourth-order valence-electron chi connectivity index (χ4n) is 2.51. The molecule has 0 bridgehead atoms. The summed E-state index contributed by atoms with van der Waals surface area (Å²) in [6, 6.07) is 6.02. The zero-order chi connectivity index (χ0) is 18.7. The van der Waals surface area contributed by atoms with Crippen LogP contribution in [0.1, 0.15) is 19.4 Å². The van der Waals surface area contributed by atoms with Crippen LogP contribution in [-0.4, -0.2) is 65.2 Å². The van der Waals surface area contributed by atoms with Gasteiger partial charge in [0.2, 0.25) is 5.91 Å². The summed E-state index contributed by atoms with van der Waals surface area (Å²) in [4.78, 5) is 51.3. The number of nitrogens with zero attached hydrogens (tertiary/aromatic N) is 3.